The van der Waals surface area contributed by atoms with Gasteiger partial charge in [-0.3, -0.25) is 4.90 Å². The highest BCUT2D eigenvalue weighted by atomic mass is 16.5. The lowest BCUT2D eigenvalue weighted by Gasteiger charge is -2.29. The van der Waals surface area contributed by atoms with Gasteiger partial charge < -0.3 is 15.6 Å². The fourth-order valence-corrected chi connectivity index (χ4v) is 3.07. The zero-order chi connectivity index (χ0) is 15.2. The number of hydrogen-bond acceptors (Lipinski definition) is 4. The third kappa shape index (κ3) is 4.70. The first-order valence-electron chi connectivity index (χ1n) is 7.94. The normalized spacial score (nSPS) is 20.9. The maximum atomic E-state index is 10.2. The Bertz CT molecular complexity index is 419. The second-order valence-electron chi connectivity index (χ2n) is 6.26. The van der Waals surface area contributed by atoms with Crippen LogP contribution in [0, 0.1) is 5.92 Å². The molecule has 3 N–H and O–H groups in total. The number of aliphatic hydroxyl groups excluding tert-OH is 1. The molecule has 1 aliphatic heterocycles. The summed E-state index contributed by atoms with van der Waals surface area (Å²) in [7, 11) is 0. The maximum Gasteiger partial charge on any atom is 0.119 e. The second kappa shape index (κ2) is 7.78. The molecule has 2 unspecified atom stereocenters. The molecule has 1 saturated heterocycles. The minimum Gasteiger partial charge on any atom is -0.491 e. The molecule has 1 fully saturated rings. The topological polar surface area (TPSA) is 58.7 Å². The van der Waals surface area contributed by atoms with Crippen LogP contribution in [0.5, 0.6) is 5.75 Å². The van der Waals surface area contributed by atoms with Crippen LogP contribution < -0.4 is 10.5 Å². The SMILES string of the molecule is CC(C)C1CCCN1CC(O)COc1ccc(CN)cc1. The summed E-state index contributed by atoms with van der Waals surface area (Å²) in [6.07, 6.45) is 2.03. The molecule has 4 heteroatoms. The van der Waals surface area contributed by atoms with Crippen molar-refractivity contribution < 1.29 is 9.84 Å². The van der Waals surface area contributed by atoms with E-state index in [1.807, 2.05) is 24.3 Å². The van der Waals surface area contributed by atoms with E-state index in [2.05, 4.69) is 18.7 Å². The number of rotatable bonds is 7. The number of nitrogens with zero attached hydrogens (tertiary/aromatic N) is 1. The first-order chi connectivity index (χ1) is 10.1. The van der Waals surface area contributed by atoms with E-state index >= 15 is 0 Å². The zero-order valence-electron chi connectivity index (χ0n) is 13.2. The average molecular weight is 292 g/mol. The summed E-state index contributed by atoms with van der Waals surface area (Å²) in [5.74, 6) is 1.43. The van der Waals surface area contributed by atoms with Gasteiger partial charge in [0.2, 0.25) is 0 Å². The Morgan fingerprint density at radius 1 is 1.33 bits per heavy atom. The van der Waals surface area contributed by atoms with Crippen molar-refractivity contribution in [3.8, 4) is 5.75 Å². The monoisotopic (exact) mass is 292 g/mol. The van der Waals surface area contributed by atoms with E-state index in [-0.39, 0.29) is 0 Å². The fourth-order valence-electron chi connectivity index (χ4n) is 3.07. The van der Waals surface area contributed by atoms with E-state index in [1.165, 1.54) is 12.8 Å². The van der Waals surface area contributed by atoms with Gasteiger partial charge in [0.15, 0.2) is 0 Å². The van der Waals surface area contributed by atoms with Crippen LogP contribution in [0.1, 0.15) is 32.3 Å². The molecule has 0 radical (unpaired) electrons. The van der Waals surface area contributed by atoms with Crippen molar-refractivity contribution in [2.45, 2.75) is 45.4 Å². The van der Waals surface area contributed by atoms with Crippen molar-refractivity contribution in [3.05, 3.63) is 29.8 Å². The minimum atomic E-state index is -0.446. The Balaban J connectivity index is 1.77. The van der Waals surface area contributed by atoms with Crippen molar-refractivity contribution >= 4 is 0 Å². The van der Waals surface area contributed by atoms with Crippen LogP contribution >= 0.6 is 0 Å². The number of hydrogen-bond donors (Lipinski definition) is 2. The average Bonchev–Trinajstić information content (AvgIpc) is 2.94. The summed E-state index contributed by atoms with van der Waals surface area (Å²) >= 11 is 0. The second-order valence-corrected chi connectivity index (χ2v) is 6.26. The molecule has 4 nitrogen and oxygen atoms in total. The summed E-state index contributed by atoms with van der Waals surface area (Å²) in [5.41, 5.74) is 6.65. The van der Waals surface area contributed by atoms with Crippen LogP contribution in [-0.4, -0.2) is 41.8 Å². The molecule has 0 aliphatic carbocycles. The molecular weight excluding hydrogens is 264 g/mol. The Morgan fingerprint density at radius 2 is 2.05 bits per heavy atom. The molecule has 1 aromatic rings. The van der Waals surface area contributed by atoms with E-state index in [1.54, 1.807) is 0 Å². The molecule has 21 heavy (non-hydrogen) atoms. The molecule has 0 amide bonds. The van der Waals surface area contributed by atoms with E-state index in [4.69, 9.17) is 10.5 Å². The highest BCUT2D eigenvalue weighted by molar-refractivity contribution is 5.27. The highest BCUT2D eigenvalue weighted by Crippen LogP contribution is 2.23. The van der Waals surface area contributed by atoms with Crippen molar-refractivity contribution in [1.29, 1.82) is 0 Å². The molecule has 1 aromatic carbocycles. The first-order valence-corrected chi connectivity index (χ1v) is 7.94. The van der Waals surface area contributed by atoms with Crippen LogP contribution in [0.25, 0.3) is 0 Å². The van der Waals surface area contributed by atoms with Crippen molar-refractivity contribution in [2.24, 2.45) is 11.7 Å². The first kappa shape index (κ1) is 16.3. The van der Waals surface area contributed by atoms with Crippen molar-refractivity contribution in [1.82, 2.24) is 4.90 Å². The summed E-state index contributed by atoms with van der Waals surface area (Å²) in [5, 5.41) is 10.2. The van der Waals surface area contributed by atoms with Crippen LogP contribution in [-0.2, 0) is 6.54 Å². The summed E-state index contributed by atoms with van der Waals surface area (Å²) < 4.78 is 5.66. The summed E-state index contributed by atoms with van der Waals surface area (Å²) in [6, 6.07) is 8.32. The zero-order valence-corrected chi connectivity index (χ0v) is 13.2. The standard InChI is InChI=1S/C17H28N2O2/c1-13(2)17-4-3-9-19(17)11-15(20)12-21-16-7-5-14(10-18)6-8-16/h5-8,13,15,17,20H,3-4,9-12,18H2,1-2H3. The Labute approximate surface area is 127 Å². The maximum absolute atomic E-state index is 10.2. The lowest BCUT2D eigenvalue weighted by atomic mass is 10.0. The molecule has 2 atom stereocenters. The minimum absolute atomic E-state index is 0.337. The largest absolute Gasteiger partial charge is 0.491 e. The van der Waals surface area contributed by atoms with Gasteiger partial charge in [-0.2, -0.15) is 0 Å². The van der Waals surface area contributed by atoms with Crippen molar-refractivity contribution in [3.63, 3.8) is 0 Å². The van der Waals surface area contributed by atoms with E-state index < -0.39 is 6.10 Å². The number of ether oxygens (including phenoxy) is 1. The van der Waals surface area contributed by atoms with Crippen LogP contribution in [0.2, 0.25) is 0 Å². The lowest BCUT2D eigenvalue weighted by molar-refractivity contribution is 0.0571. The van der Waals surface area contributed by atoms with Gasteiger partial charge in [0.1, 0.15) is 18.5 Å². The third-order valence-corrected chi connectivity index (χ3v) is 4.23. The molecule has 1 heterocycles. The van der Waals surface area contributed by atoms with Crippen LogP contribution in [0.3, 0.4) is 0 Å². The fraction of sp³-hybridized carbons (Fsp3) is 0.647. The van der Waals surface area contributed by atoms with Crippen LogP contribution in [0.15, 0.2) is 24.3 Å². The number of benzene rings is 1. The molecule has 0 bridgehead atoms. The number of aliphatic hydroxyl groups is 1. The van der Waals surface area contributed by atoms with Gasteiger partial charge in [0.25, 0.3) is 0 Å². The Morgan fingerprint density at radius 3 is 2.67 bits per heavy atom. The predicted octanol–water partition coefficient (Wildman–Crippen LogP) is 2.01. The highest BCUT2D eigenvalue weighted by Gasteiger charge is 2.28. The van der Waals surface area contributed by atoms with Gasteiger partial charge in [0, 0.05) is 19.1 Å². The smallest absolute Gasteiger partial charge is 0.119 e. The molecule has 0 saturated carbocycles. The van der Waals surface area contributed by atoms with E-state index in [0.29, 0.717) is 31.7 Å². The van der Waals surface area contributed by atoms with Gasteiger partial charge in [0.05, 0.1) is 0 Å². The predicted molar refractivity (Wildman–Crippen MR) is 85.3 cm³/mol. The summed E-state index contributed by atoms with van der Waals surface area (Å²) in [4.78, 5) is 2.40. The van der Waals surface area contributed by atoms with Crippen LogP contribution in [0.4, 0.5) is 0 Å². The van der Waals surface area contributed by atoms with E-state index in [9.17, 15) is 5.11 Å². The van der Waals surface area contributed by atoms with Gasteiger partial charge in [-0.25, -0.2) is 0 Å². The molecule has 0 spiro atoms. The summed E-state index contributed by atoms with van der Waals surface area (Å²) in [6.45, 7) is 7.17. The number of nitrogens with two attached hydrogens (primary N) is 1. The number of likely N-dealkylation sites (tertiary alicyclic amines) is 1. The van der Waals surface area contributed by atoms with E-state index in [0.717, 1.165) is 17.9 Å². The van der Waals surface area contributed by atoms with Gasteiger partial charge in [-0.05, 0) is 43.0 Å². The number of β-amino-alcohol motifs (C(OH)–C–C–N with tert-alkyl or cyclic N) is 1. The van der Waals surface area contributed by atoms with Gasteiger partial charge in [-0.15, -0.1) is 0 Å². The lowest BCUT2D eigenvalue weighted by Crippen LogP contribution is -2.40. The van der Waals surface area contributed by atoms with Gasteiger partial charge in [-0.1, -0.05) is 26.0 Å². The molecular formula is C17H28N2O2. The molecule has 2 rings (SSSR count). The Hall–Kier alpha value is -1.10. The molecule has 0 aromatic heterocycles. The van der Waals surface area contributed by atoms with Crippen molar-refractivity contribution in [2.75, 3.05) is 19.7 Å². The Kier molecular flexibility index (Phi) is 6.03. The molecule has 1 aliphatic rings. The van der Waals surface area contributed by atoms with Gasteiger partial charge >= 0.3 is 0 Å². The quantitative estimate of drug-likeness (QED) is 0.807. The third-order valence-electron chi connectivity index (χ3n) is 4.23. The molecule has 118 valence electrons.